The molecule has 5 nitrogen and oxygen atoms in total. The van der Waals surface area contributed by atoms with E-state index in [0.29, 0.717) is 5.75 Å². The van der Waals surface area contributed by atoms with Crippen molar-refractivity contribution in [2.24, 2.45) is 5.92 Å². The van der Waals surface area contributed by atoms with Crippen molar-refractivity contribution in [2.75, 3.05) is 11.1 Å². The Bertz CT molecular complexity index is 703. The highest BCUT2D eigenvalue weighted by Crippen LogP contribution is 2.29. The van der Waals surface area contributed by atoms with Crippen LogP contribution in [0.4, 0.5) is 5.69 Å². The molecule has 0 saturated carbocycles. The maximum atomic E-state index is 11.0. The molecule has 4 N–H and O–H groups in total. The Morgan fingerprint density at radius 1 is 1.08 bits per heavy atom. The Hall–Kier alpha value is -1.86. The van der Waals surface area contributed by atoms with Gasteiger partial charge in [0.1, 0.15) is 0 Å². The minimum Gasteiger partial charge on any atom is -0.392 e. The molecule has 0 unspecified atom stereocenters. The zero-order valence-corrected chi connectivity index (χ0v) is 15.7. The molecule has 0 fully saturated rings. The highest BCUT2D eigenvalue weighted by atomic mass is 32.2. The zero-order chi connectivity index (χ0) is 19.1. The molecule has 0 saturated heterocycles. The third-order valence-electron chi connectivity index (χ3n) is 4.20. The molecule has 0 aliphatic heterocycles. The van der Waals surface area contributed by atoms with Gasteiger partial charge in [-0.1, -0.05) is 31.2 Å². The normalized spacial score (nSPS) is 14.5. The lowest BCUT2D eigenvalue weighted by Gasteiger charge is -2.24. The lowest BCUT2D eigenvalue weighted by atomic mass is 9.93. The summed E-state index contributed by atoms with van der Waals surface area (Å²) in [6.07, 6.45) is -1.46. The van der Waals surface area contributed by atoms with Gasteiger partial charge in [-0.15, -0.1) is 11.8 Å². The third-order valence-corrected chi connectivity index (χ3v) is 5.32. The predicted molar refractivity (Wildman–Crippen MR) is 104 cm³/mol. The fourth-order valence-electron chi connectivity index (χ4n) is 2.51. The molecule has 2 aromatic rings. The summed E-state index contributed by atoms with van der Waals surface area (Å²) in [5.74, 6) is 0.00341. The molecule has 0 heterocycles. The van der Waals surface area contributed by atoms with Crippen LogP contribution in [0.15, 0.2) is 53.4 Å². The van der Waals surface area contributed by atoms with E-state index < -0.39 is 12.2 Å². The van der Waals surface area contributed by atoms with E-state index in [4.69, 9.17) is 5.11 Å². The molecule has 0 spiro atoms. The minimum atomic E-state index is -0.777. The highest BCUT2D eigenvalue weighted by molar-refractivity contribution is 7.99. The molecule has 1 amide bonds. The number of carbonyl (C=O) groups is 1. The van der Waals surface area contributed by atoms with Crippen molar-refractivity contribution < 1.29 is 20.1 Å². The van der Waals surface area contributed by atoms with E-state index in [1.165, 1.54) is 18.7 Å². The number of hydrogen-bond donors (Lipinski definition) is 4. The van der Waals surface area contributed by atoms with Gasteiger partial charge in [0.05, 0.1) is 18.8 Å². The van der Waals surface area contributed by atoms with E-state index in [0.717, 1.165) is 21.7 Å². The van der Waals surface area contributed by atoms with Crippen LogP contribution in [0.3, 0.4) is 0 Å². The van der Waals surface area contributed by atoms with Gasteiger partial charge in [-0.3, -0.25) is 4.79 Å². The highest BCUT2D eigenvalue weighted by Gasteiger charge is 2.24. The number of hydrogen-bond acceptors (Lipinski definition) is 5. The molecular weight excluding hydrogens is 350 g/mol. The summed E-state index contributed by atoms with van der Waals surface area (Å²) in [6, 6.07) is 14.5. The fraction of sp³-hybridized carbons (Fsp3) is 0.350. The summed E-state index contributed by atoms with van der Waals surface area (Å²) in [7, 11) is 0. The quantitative estimate of drug-likeness (QED) is 0.533. The number of thioether (sulfide) groups is 1. The Labute approximate surface area is 158 Å². The second-order valence-corrected chi connectivity index (χ2v) is 7.38. The van der Waals surface area contributed by atoms with Crippen molar-refractivity contribution in [1.82, 2.24) is 0 Å². The first-order chi connectivity index (χ1) is 12.4. The first-order valence-electron chi connectivity index (χ1n) is 8.47. The number of aliphatic hydroxyl groups excluding tert-OH is 3. The first kappa shape index (κ1) is 20.5. The average molecular weight is 375 g/mol. The molecule has 26 heavy (non-hydrogen) atoms. The Morgan fingerprint density at radius 3 is 2.23 bits per heavy atom. The zero-order valence-electron chi connectivity index (χ0n) is 14.9. The molecule has 0 aliphatic rings. The topological polar surface area (TPSA) is 89.8 Å². The van der Waals surface area contributed by atoms with Crippen LogP contribution in [0.5, 0.6) is 0 Å². The number of rotatable bonds is 8. The first-order valence-corrected chi connectivity index (χ1v) is 9.45. The number of benzene rings is 2. The maximum Gasteiger partial charge on any atom is 0.221 e. The van der Waals surface area contributed by atoms with Gasteiger partial charge in [0.15, 0.2) is 0 Å². The van der Waals surface area contributed by atoms with Gasteiger partial charge in [0.2, 0.25) is 5.91 Å². The third kappa shape index (κ3) is 5.85. The average Bonchev–Trinajstić information content (AvgIpc) is 2.65. The summed E-state index contributed by atoms with van der Waals surface area (Å²) in [6.45, 7) is 3.24. The van der Waals surface area contributed by atoms with E-state index in [1.807, 2.05) is 31.2 Å². The number of nitrogens with one attached hydrogen (secondary N) is 1. The number of anilines is 1. The molecule has 140 valence electrons. The SMILES string of the molecule is CC(=O)Nc1ccc(SC[C@@H](O)[C@H](C)[C@@H](O)c2ccc(CO)cc2)cc1. The van der Waals surface area contributed by atoms with Crippen LogP contribution in [-0.2, 0) is 11.4 Å². The lowest BCUT2D eigenvalue weighted by molar-refractivity contribution is -0.114. The van der Waals surface area contributed by atoms with E-state index in [2.05, 4.69) is 5.32 Å². The molecule has 3 atom stereocenters. The maximum absolute atomic E-state index is 11.0. The van der Waals surface area contributed by atoms with Crippen LogP contribution in [0.1, 0.15) is 31.1 Å². The summed E-state index contributed by atoms with van der Waals surface area (Å²) in [4.78, 5) is 12.0. The Balaban J connectivity index is 1.89. The molecule has 0 aromatic heterocycles. The van der Waals surface area contributed by atoms with E-state index in [-0.39, 0.29) is 18.4 Å². The standard InChI is InChI=1S/C20H25NO4S/c1-13(20(25)16-5-3-15(11-22)4-6-16)19(24)12-26-18-9-7-17(8-10-18)21-14(2)23/h3-10,13,19-20,22,24-25H,11-12H2,1-2H3,(H,21,23)/t13-,19+,20+/m0/s1. The summed E-state index contributed by atoms with van der Waals surface area (Å²) >= 11 is 1.50. The summed E-state index contributed by atoms with van der Waals surface area (Å²) in [5.41, 5.74) is 2.24. The molecule has 2 aromatic carbocycles. The molecule has 0 radical (unpaired) electrons. The number of amides is 1. The van der Waals surface area contributed by atoms with Crippen LogP contribution in [0.2, 0.25) is 0 Å². The van der Waals surface area contributed by atoms with Crippen molar-refractivity contribution in [3.8, 4) is 0 Å². The largest absolute Gasteiger partial charge is 0.392 e. The summed E-state index contributed by atoms with van der Waals surface area (Å²) < 4.78 is 0. The second kappa shape index (κ2) is 9.73. The van der Waals surface area contributed by atoms with Gasteiger partial charge in [0, 0.05) is 29.2 Å². The second-order valence-electron chi connectivity index (χ2n) is 6.29. The molecule has 0 bridgehead atoms. The number of aliphatic hydroxyl groups is 3. The Morgan fingerprint density at radius 2 is 1.69 bits per heavy atom. The van der Waals surface area contributed by atoms with Crippen LogP contribution in [0.25, 0.3) is 0 Å². The number of carbonyl (C=O) groups excluding carboxylic acids is 1. The van der Waals surface area contributed by atoms with E-state index in [1.54, 1.807) is 24.3 Å². The van der Waals surface area contributed by atoms with Gasteiger partial charge < -0.3 is 20.6 Å². The van der Waals surface area contributed by atoms with Gasteiger partial charge >= 0.3 is 0 Å². The molecule has 0 aliphatic carbocycles. The van der Waals surface area contributed by atoms with Gasteiger partial charge in [-0.2, -0.15) is 0 Å². The van der Waals surface area contributed by atoms with Crippen molar-refractivity contribution in [3.63, 3.8) is 0 Å². The van der Waals surface area contributed by atoms with Crippen molar-refractivity contribution in [1.29, 1.82) is 0 Å². The fourth-order valence-corrected chi connectivity index (χ4v) is 3.50. The van der Waals surface area contributed by atoms with Gasteiger partial charge in [-0.05, 0) is 35.4 Å². The van der Waals surface area contributed by atoms with E-state index in [9.17, 15) is 15.0 Å². The van der Waals surface area contributed by atoms with Crippen LogP contribution < -0.4 is 5.32 Å². The van der Waals surface area contributed by atoms with Crippen molar-refractivity contribution >= 4 is 23.4 Å². The smallest absolute Gasteiger partial charge is 0.221 e. The van der Waals surface area contributed by atoms with E-state index >= 15 is 0 Å². The Kier molecular flexibility index (Phi) is 7.66. The predicted octanol–water partition coefficient (Wildman–Crippen LogP) is 2.96. The van der Waals surface area contributed by atoms with Gasteiger partial charge in [-0.25, -0.2) is 0 Å². The minimum absolute atomic E-state index is 0.0358. The van der Waals surface area contributed by atoms with Crippen LogP contribution in [-0.4, -0.2) is 33.1 Å². The monoisotopic (exact) mass is 375 g/mol. The molecule has 2 rings (SSSR count). The lowest BCUT2D eigenvalue weighted by Crippen LogP contribution is -2.26. The van der Waals surface area contributed by atoms with Gasteiger partial charge in [0.25, 0.3) is 0 Å². The van der Waals surface area contributed by atoms with Crippen LogP contribution in [0, 0.1) is 5.92 Å². The van der Waals surface area contributed by atoms with Crippen LogP contribution >= 0.6 is 11.8 Å². The molecule has 6 heteroatoms. The molecular formula is C20H25NO4S. The van der Waals surface area contributed by atoms with Crippen molar-refractivity contribution in [2.45, 2.75) is 37.6 Å². The summed E-state index contributed by atoms with van der Waals surface area (Å²) in [5, 5.41) is 32.7. The van der Waals surface area contributed by atoms with Crippen molar-refractivity contribution in [3.05, 3.63) is 59.7 Å².